The molecule has 0 saturated carbocycles. The minimum Gasteiger partial charge on any atom is -0.497 e. The van der Waals surface area contributed by atoms with Gasteiger partial charge in [0.05, 0.1) is 34.0 Å². The number of rotatable bonds is 5. The lowest BCUT2D eigenvalue weighted by Crippen LogP contribution is -2.47. The van der Waals surface area contributed by atoms with Crippen molar-refractivity contribution in [3.63, 3.8) is 0 Å². The van der Waals surface area contributed by atoms with E-state index in [1.165, 1.54) is 0 Å². The summed E-state index contributed by atoms with van der Waals surface area (Å²) in [4.78, 5) is 0. The first-order valence-corrected chi connectivity index (χ1v) is 5.62. The lowest BCUT2D eigenvalue weighted by Gasteiger charge is -2.40. The van der Waals surface area contributed by atoms with Crippen molar-refractivity contribution in [2.75, 3.05) is 34.0 Å². The zero-order valence-corrected chi connectivity index (χ0v) is 10.2. The summed E-state index contributed by atoms with van der Waals surface area (Å²) in [6, 6.07) is 5.75. The Hall–Kier alpha value is -1.26. The molecule has 1 saturated heterocycles. The SMILES string of the molecule is COc1ccc(CC2(CO)COC2)c(OC)c1. The molecule has 1 aliphatic heterocycles. The largest absolute Gasteiger partial charge is 0.497 e. The summed E-state index contributed by atoms with van der Waals surface area (Å²) in [5.41, 5.74) is 0.938. The van der Waals surface area contributed by atoms with Crippen LogP contribution in [0.1, 0.15) is 5.56 Å². The fourth-order valence-corrected chi connectivity index (χ4v) is 2.04. The van der Waals surface area contributed by atoms with Crippen LogP contribution in [0.25, 0.3) is 0 Å². The van der Waals surface area contributed by atoms with Gasteiger partial charge >= 0.3 is 0 Å². The molecule has 94 valence electrons. The molecule has 1 fully saturated rings. The third-order valence-electron chi connectivity index (χ3n) is 3.21. The second-order valence-corrected chi connectivity index (χ2v) is 4.51. The zero-order chi connectivity index (χ0) is 12.3. The number of methoxy groups -OCH3 is 2. The normalized spacial score (nSPS) is 17.4. The van der Waals surface area contributed by atoms with Gasteiger partial charge in [-0.25, -0.2) is 0 Å². The Morgan fingerprint density at radius 2 is 2.06 bits per heavy atom. The smallest absolute Gasteiger partial charge is 0.125 e. The second-order valence-electron chi connectivity index (χ2n) is 4.51. The van der Waals surface area contributed by atoms with Crippen molar-refractivity contribution in [1.29, 1.82) is 0 Å². The maximum Gasteiger partial charge on any atom is 0.125 e. The van der Waals surface area contributed by atoms with E-state index in [2.05, 4.69) is 0 Å². The van der Waals surface area contributed by atoms with E-state index in [0.29, 0.717) is 13.2 Å². The number of hydrogen-bond acceptors (Lipinski definition) is 4. The molecule has 17 heavy (non-hydrogen) atoms. The monoisotopic (exact) mass is 238 g/mol. The highest BCUT2D eigenvalue weighted by atomic mass is 16.5. The van der Waals surface area contributed by atoms with Crippen molar-refractivity contribution in [1.82, 2.24) is 0 Å². The quantitative estimate of drug-likeness (QED) is 0.839. The van der Waals surface area contributed by atoms with Gasteiger partial charge in [-0.15, -0.1) is 0 Å². The summed E-state index contributed by atoms with van der Waals surface area (Å²) < 4.78 is 15.7. The average Bonchev–Trinajstić information content (AvgIpc) is 2.34. The van der Waals surface area contributed by atoms with Gasteiger partial charge < -0.3 is 19.3 Å². The maximum absolute atomic E-state index is 9.42. The Balaban J connectivity index is 2.20. The Bertz CT molecular complexity index is 379. The summed E-state index contributed by atoms with van der Waals surface area (Å²) >= 11 is 0. The Labute approximate surface area is 101 Å². The van der Waals surface area contributed by atoms with E-state index in [-0.39, 0.29) is 12.0 Å². The third kappa shape index (κ3) is 2.37. The van der Waals surface area contributed by atoms with E-state index in [9.17, 15) is 5.11 Å². The Morgan fingerprint density at radius 3 is 2.53 bits per heavy atom. The number of aliphatic hydroxyl groups is 1. The van der Waals surface area contributed by atoms with Crippen molar-refractivity contribution in [2.45, 2.75) is 6.42 Å². The van der Waals surface area contributed by atoms with Crippen LogP contribution in [-0.4, -0.2) is 39.1 Å². The van der Waals surface area contributed by atoms with E-state index >= 15 is 0 Å². The number of hydrogen-bond donors (Lipinski definition) is 1. The molecular weight excluding hydrogens is 220 g/mol. The first-order chi connectivity index (χ1) is 8.23. The molecule has 0 aliphatic carbocycles. The van der Waals surface area contributed by atoms with Gasteiger partial charge in [0.15, 0.2) is 0 Å². The van der Waals surface area contributed by atoms with Crippen LogP contribution in [0.15, 0.2) is 18.2 Å². The molecule has 0 atom stereocenters. The average molecular weight is 238 g/mol. The highest BCUT2D eigenvalue weighted by molar-refractivity contribution is 5.41. The Kier molecular flexibility index (Phi) is 3.54. The van der Waals surface area contributed by atoms with Crippen LogP contribution >= 0.6 is 0 Å². The molecule has 2 rings (SSSR count). The van der Waals surface area contributed by atoms with Crippen molar-refractivity contribution in [3.05, 3.63) is 23.8 Å². The molecule has 0 unspecified atom stereocenters. The fourth-order valence-electron chi connectivity index (χ4n) is 2.04. The van der Waals surface area contributed by atoms with Crippen LogP contribution < -0.4 is 9.47 Å². The third-order valence-corrected chi connectivity index (χ3v) is 3.21. The molecule has 1 aliphatic rings. The van der Waals surface area contributed by atoms with Crippen LogP contribution in [-0.2, 0) is 11.2 Å². The molecular formula is C13H18O4. The lowest BCUT2D eigenvalue weighted by atomic mass is 9.80. The minimum atomic E-state index is -0.137. The molecule has 0 radical (unpaired) electrons. The van der Waals surface area contributed by atoms with E-state index in [1.807, 2.05) is 18.2 Å². The van der Waals surface area contributed by atoms with Gasteiger partial charge in [0.2, 0.25) is 0 Å². The van der Waals surface area contributed by atoms with Crippen LogP contribution in [0.5, 0.6) is 11.5 Å². The van der Waals surface area contributed by atoms with Gasteiger partial charge in [0.1, 0.15) is 11.5 Å². The highest BCUT2D eigenvalue weighted by Crippen LogP contribution is 2.35. The standard InChI is InChI=1S/C13H18O4/c1-15-11-4-3-10(12(5-11)16-2)6-13(7-14)8-17-9-13/h3-5,14H,6-9H2,1-2H3. The highest BCUT2D eigenvalue weighted by Gasteiger charge is 2.38. The van der Waals surface area contributed by atoms with Gasteiger partial charge in [-0.3, -0.25) is 0 Å². The number of benzene rings is 1. The summed E-state index contributed by atoms with van der Waals surface area (Å²) in [7, 11) is 3.27. The molecule has 4 nitrogen and oxygen atoms in total. The van der Waals surface area contributed by atoms with E-state index < -0.39 is 0 Å². The molecule has 0 spiro atoms. The molecule has 1 aromatic rings. The second kappa shape index (κ2) is 4.94. The first-order valence-electron chi connectivity index (χ1n) is 5.62. The van der Waals surface area contributed by atoms with E-state index in [0.717, 1.165) is 23.5 Å². The molecule has 0 aromatic heterocycles. The molecule has 0 bridgehead atoms. The molecule has 0 amide bonds. The summed E-state index contributed by atoms with van der Waals surface area (Å²) in [6.07, 6.45) is 0.761. The van der Waals surface area contributed by atoms with Crippen LogP contribution in [0.4, 0.5) is 0 Å². The van der Waals surface area contributed by atoms with Gasteiger partial charge in [-0.1, -0.05) is 6.07 Å². The summed E-state index contributed by atoms with van der Waals surface area (Å²) in [6.45, 7) is 1.36. The zero-order valence-electron chi connectivity index (χ0n) is 10.2. The minimum absolute atomic E-state index is 0.137. The van der Waals surface area contributed by atoms with Gasteiger partial charge in [0.25, 0.3) is 0 Å². The van der Waals surface area contributed by atoms with Crippen molar-refractivity contribution >= 4 is 0 Å². The molecule has 1 aromatic carbocycles. The maximum atomic E-state index is 9.42. The van der Waals surface area contributed by atoms with Crippen LogP contribution in [0.3, 0.4) is 0 Å². The molecule has 1 N–H and O–H groups in total. The van der Waals surface area contributed by atoms with Crippen molar-refractivity contribution in [3.8, 4) is 11.5 Å². The first kappa shape index (κ1) is 12.2. The fraction of sp³-hybridized carbons (Fsp3) is 0.538. The van der Waals surface area contributed by atoms with Crippen molar-refractivity contribution in [2.24, 2.45) is 5.41 Å². The predicted molar refractivity (Wildman–Crippen MR) is 63.6 cm³/mol. The van der Waals surface area contributed by atoms with E-state index in [1.54, 1.807) is 14.2 Å². The van der Waals surface area contributed by atoms with Gasteiger partial charge in [0, 0.05) is 11.5 Å². The lowest BCUT2D eigenvalue weighted by molar-refractivity contribution is -0.136. The van der Waals surface area contributed by atoms with Gasteiger partial charge in [-0.05, 0) is 18.1 Å². The van der Waals surface area contributed by atoms with Crippen LogP contribution in [0.2, 0.25) is 0 Å². The molecule has 4 heteroatoms. The van der Waals surface area contributed by atoms with Gasteiger partial charge in [-0.2, -0.15) is 0 Å². The summed E-state index contributed by atoms with van der Waals surface area (Å²) in [5, 5.41) is 9.42. The topological polar surface area (TPSA) is 47.9 Å². The van der Waals surface area contributed by atoms with Crippen LogP contribution in [0, 0.1) is 5.41 Å². The van der Waals surface area contributed by atoms with Crippen molar-refractivity contribution < 1.29 is 19.3 Å². The Morgan fingerprint density at radius 1 is 1.29 bits per heavy atom. The number of aliphatic hydroxyl groups excluding tert-OH is 1. The van der Waals surface area contributed by atoms with E-state index in [4.69, 9.17) is 14.2 Å². The summed E-state index contributed by atoms with van der Waals surface area (Å²) in [5.74, 6) is 1.57. The number of ether oxygens (including phenoxy) is 3. The molecule has 1 heterocycles. The predicted octanol–water partition coefficient (Wildman–Crippen LogP) is 1.26.